The van der Waals surface area contributed by atoms with E-state index in [-0.39, 0.29) is 6.03 Å². The summed E-state index contributed by atoms with van der Waals surface area (Å²) in [6.07, 6.45) is 2.20. The fourth-order valence-corrected chi connectivity index (χ4v) is 1.07. The third kappa shape index (κ3) is 5.24. The summed E-state index contributed by atoms with van der Waals surface area (Å²) in [4.78, 5) is 23.7. The molecule has 0 fully saturated rings. The summed E-state index contributed by atoms with van der Waals surface area (Å²) >= 11 is 0. The zero-order chi connectivity index (χ0) is 11.8. The summed E-state index contributed by atoms with van der Waals surface area (Å²) < 4.78 is 0. The molecule has 0 aromatic carbocycles. The minimum atomic E-state index is -0.971. The number of amides is 2. The van der Waals surface area contributed by atoms with E-state index >= 15 is 0 Å². The monoisotopic (exact) mass is 216 g/mol. The van der Waals surface area contributed by atoms with Gasteiger partial charge in [-0.3, -0.25) is 0 Å². The maximum absolute atomic E-state index is 11.4. The smallest absolute Gasteiger partial charge is 0.326 e. The van der Waals surface area contributed by atoms with Crippen LogP contribution in [0, 0.1) is 0 Å². The molecule has 0 rings (SSSR count). The second-order valence-electron chi connectivity index (χ2n) is 3.50. The van der Waals surface area contributed by atoms with E-state index in [0.717, 1.165) is 12.8 Å². The topological polar surface area (TPSA) is 69.6 Å². The van der Waals surface area contributed by atoms with Crippen LogP contribution in [0.3, 0.4) is 0 Å². The first-order valence-corrected chi connectivity index (χ1v) is 5.27. The van der Waals surface area contributed by atoms with Gasteiger partial charge in [0.25, 0.3) is 0 Å². The van der Waals surface area contributed by atoms with Crippen molar-refractivity contribution in [3.63, 3.8) is 0 Å². The van der Waals surface area contributed by atoms with Crippen molar-refractivity contribution in [2.75, 3.05) is 13.6 Å². The fourth-order valence-electron chi connectivity index (χ4n) is 1.07. The Morgan fingerprint density at radius 2 is 2.00 bits per heavy atom. The summed E-state index contributed by atoms with van der Waals surface area (Å²) in [5.74, 6) is -0.971. The van der Waals surface area contributed by atoms with Crippen molar-refractivity contribution in [2.45, 2.75) is 39.2 Å². The summed E-state index contributed by atoms with van der Waals surface area (Å²) in [5, 5.41) is 11.4. The number of hydrogen-bond donors (Lipinski definition) is 2. The molecule has 88 valence electrons. The highest BCUT2D eigenvalue weighted by Gasteiger charge is 2.20. The molecular weight excluding hydrogens is 196 g/mol. The van der Waals surface area contributed by atoms with Crippen LogP contribution >= 0.6 is 0 Å². The van der Waals surface area contributed by atoms with Gasteiger partial charge in [0.15, 0.2) is 0 Å². The van der Waals surface area contributed by atoms with E-state index in [9.17, 15) is 9.59 Å². The first-order valence-electron chi connectivity index (χ1n) is 5.27. The van der Waals surface area contributed by atoms with Crippen molar-refractivity contribution in [1.82, 2.24) is 10.2 Å². The minimum Gasteiger partial charge on any atom is -0.480 e. The van der Waals surface area contributed by atoms with Gasteiger partial charge in [0.2, 0.25) is 0 Å². The molecule has 0 bridgehead atoms. The van der Waals surface area contributed by atoms with E-state index < -0.39 is 12.0 Å². The Kier molecular flexibility index (Phi) is 6.49. The minimum absolute atomic E-state index is 0.332. The lowest BCUT2D eigenvalue weighted by atomic mass is 10.1. The Morgan fingerprint density at radius 1 is 1.40 bits per heavy atom. The SMILES string of the molecule is CCCCC(NC(=O)N(C)CC)C(=O)O. The van der Waals surface area contributed by atoms with Gasteiger partial charge in [-0.05, 0) is 13.3 Å². The number of rotatable bonds is 6. The van der Waals surface area contributed by atoms with E-state index in [1.807, 2.05) is 13.8 Å². The zero-order valence-corrected chi connectivity index (χ0v) is 9.62. The molecular formula is C10H20N2O3. The Labute approximate surface area is 90.5 Å². The first-order chi connectivity index (χ1) is 7.02. The van der Waals surface area contributed by atoms with Gasteiger partial charge < -0.3 is 15.3 Å². The predicted octanol–water partition coefficient (Wildman–Crippen LogP) is 1.29. The lowest BCUT2D eigenvalue weighted by molar-refractivity contribution is -0.139. The van der Waals surface area contributed by atoms with Crippen LogP contribution in [0.25, 0.3) is 0 Å². The molecule has 0 saturated heterocycles. The summed E-state index contributed by atoms with van der Waals surface area (Å²) in [5.41, 5.74) is 0. The second-order valence-corrected chi connectivity index (χ2v) is 3.50. The van der Waals surface area contributed by atoms with Crippen LogP contribution in [0.2, 0.25) is 0 Å². The normalized spacial score (nSPS) is 11.9. The van der Waals surface area contributed by atoms with E-state index in [2.05, 4.69) is 5.32 Å². The van der Waals surface area contributed by atoms with Crippen molar-refractivity contribution in [2.24, 2.45) is 0 Å². The molecule has 0 heterocycles. The van der Waals surface area contributed by atoms with Crippen LogP contribution in [0.15, 0.2) is 0 Å². The first kappa shape index (κ1) is 13.7. The largest absolute Gasteiger partial charge is 0.480 e. The lowest BCUT2D eigenvalue weighted by Gasteiger charge is -2.19. The number of nitrogens with zero attached hydrogens (tertiary/aromatic N) is 1. The third-order valence-corrected chi connectivity index (χ3v) is 2.26. The van der Waals surface area contributed by atoms with Crippen molar-refractivity contribution < 1.29 is 14.7 Å². The van der Waals surface area contributed by atoms with Gasteiger partial charge in [-0.25, -0.2) is 9.59 Å². The highest BCUT2D eigenvalue weighted by atomic mass is 16.4. The molecule has 0 aromatic heterocycles. The van der Waals surface area contributed by atoms with Gasteiger partial charge in [0, 0.05) is 13.6 Å². The number of unbranched alkanes of at least 4 members (excludes halogenated alkanes) is 1. The highest BCUT2D eigenvalue weighted by molar-refractivity contribution is 5.82. The van der Waals surface area contributed by atoms with Crippen LogP contribution in [0.4, 0.5) is 4.79 Å². The molecule has 2 amide bonds. The van der Waals surface area contributed by atoms with E-state index in [0.29, 0.717) is 13.0 Å². The molecule has 0 saturated carbocycles. The summed E-state index contributed by atoms with van der Waals surface area (Å²) in [6, 6.07) is -1.10. The van der Waals surface area contributed by atoms with Gasteiger partial charge in [0.05, 0.1) is 0 Å². The Hall–Kier alpha value is -1.26. The van der Waals surface area contributed by atoms with Crippen molar-refractivity contribution in [3.05, 3.63) is 0 Å². The van der Waals surface area contributed by atoms with Crippen LogP contribution in [-0.2, 0) is 4.79 Å². The maximum atomic E-state index is 11.4. The van der Waals surface area contributed by atoms with Gasteiger partial charge in [-0.2, -0.15) is 0 Å². The molecule has 0 aliphatic rings. The van der Waals surface area contributed by atoms with Crippen LogP contribution in [0.5, 0.6) is 0 Å². The molecule has 15 heavy (non-hydrogen) atoms. The molecule has 0 spiro atoms. The zero-order valence-electron chi connectivity index (χ0n) is 9.62. The fraction of sp³-hybridized carbons (Fsp3) is 0.800. The number of carbonyl (C=O) groups is 2. The van der Waals surface area contributed by atoms with Gasteiger partial charge in [-0.1, -0.05) is 19.8 Å². The Morgan fingerprint density at radius 3 is 2.40 bits per heavy atom. The number of aliphatic carboxylic acids is 1. The van der Waals surface area contributed by atoms with Crippen molar-refractivity contribution in [1.29, 1.82) is 0 Å². The van der Waals surface area contributed by atoms with E-state index in [1.165, 1.54) is 4.90 Å². The molecule has 0 radical (unpaired) electrons. The van der Waals surface area contributed by atoms with Gasteiger partial charge in [-0.15, -0.1) is 0 Å². The highest BCUT2D eigenvalue weighted by Crippen LogP contribution is 2.01. The quantitative estimate of drug-likeness (QED) is 0.703. The maximum Gasteiger partial charge on any atom is 0.326 e. The second kappa shape index (κ2) is 7.09. The van der Waals surface area contributed by atoms with Crippen LogP contribution < -0.4 is 5.32 Å². The average molecular weight is 216 g/mol. The van der Waals surface area contributed by atoms with Gasteiger partial charge in [0.1, 0.15) is 6.04 Å². The van der Waals surface area contributed by atoms with E-state index in [1.54, 1.807) is 7.05 Å². The van der Waals surface area contributed by atoms with E-state index in [4.69, 9.17) is 5.11 Å². The molecule has 0 aliphatic carbocycles. The summed E-state index contributed by atoms with van der Waals surface area (Å²) in [7, 11) is 1.63. The lowest BCUT2D eigenvalue weighted by Crippen LogP contribution is -2.46. The van der Waals surface area contributed by atoms with Crippen molar-refractivity contribution in [3.8, 4) is 0 Å². The van der Waals surface area contributed by atoms with Crippen molar-refractivity contribution >= 4 is 12.0 Å². The molecule has 1 atom stereocenters. The van der Waals surface area contributed by atoms with Gasteiger partial charge >= 0.3 is 12.0 Å². The van der Waals surface area contributed by atoms with Crippen LogP contribution in [0.1, 0.15) is 33.1 Å². The molecule has 0 aromatic rings. The molecule has 0 aliphatic heterocycles. The molecule has 5 nitrogen and oxygen atoms in total. The molecule has 1 unspecified atom stereocenters. The Balaban J connectivity index is 4.16. The Bertz CT molecular complexity index is 219. The standard InChI is InChI=1S/C10H20N2O3/c1-4-6-7-8(9(13)14)11-10(15)12(3)5-2/h8H,4-7H2,1-3H3,(H,11,15)(H,13,14). The molecule has 2 N–H and O–H groups in total. The van der Waals surface area contributed by atoms with Crippen LogP contribution in [-0.4, -0.2) is 41.6 Å². The number of carboxylic acids is 1. The number of nitrogens with one attached hydrogen (secondary N) is 1. The molecule has 5 heteroatoms. The third-order valence-electron chi connectivity index (χ3n) is 2.26. The number of urea groups is 1. The number of carboxylic acid groups (broad SMARTS) is 1. The number of hydrogen-bond acceptors (Lipinski definition) is 2. The average Bonchev–Trinajstić information content (AvgIpc) is 2.22. The summed E-state index contributed by atoms with van der Waals surface area (Å²) in [6.45, 7) is 4.38. The predicted molar refractivity (Wildman–Crippen MR) is 57.8 cm³/mol. The number of carbonyl (C=O) groups excluding carboxylic acids is 1.